The van der Waals surface area contributed by atoms with E-state index in [0.29, 0.717) is 6.61 Å². The van der Waals surface area contributed by atoms with E-state index < -0.39 is 5.97 Å². The van der Waals surface area contributed by atoms with Crippen LogP contribution in [0, 0.1) is 12.3 Å². The number of hydrogen-bond donors (Lipinski definition) is 0. The Morgan fingerprint density at radius 2 is 2.30 bits per heavy atom. The monoisotopic (exact) mass is 140 g/mol. The lowest BCUT2D eigenvalue weighted by atomic mass is 10.3. The molecule has 0 atom stereocenters. The van der Waals surface area contributed by atoms with E-state index in [4.69, 9.17) is 6.42 Å². The molecule has 0 spiro atoms. The van der Waals surface area contributed by atoms with Crippen molar-refractivity contribution in [2.45, 2.75) is 26.2 Å². The Morgan fingerprint density at radius 1 is 1.60 bits per heavy atom. The zero-order valence-electron chi connectivity index (χ0n) is 6.22. The zero-order valence-corrected chi connectivity index (χ0v) is 6.22. The number of unbranched alkanes of at least 4 members (excludes halogenated alkanes) is 2. The van der Waals surface area contributed by atoms with Crippen molar-refractivity contribution in [2.75, 3.05) is 6.61 Å². The van der Waals surface area contributed by atoms with Gasteiger partial charge in [0.15, 0.2) is 0 Å². The van der Waals surface area contributed by atoms with E-state index in [0.717, 1.165) is 19.3 Å². The molecule has 0 radical (unpaired) electrons. The molecule has 0 saturated carbocycles. The van der Waals surface area contributed by atoms with Crippen molar-refractivity contribution in [1.82, 2.24) is 0 Å². The van der Waals surface area contributed by atoms with E-state index in [-0.39, 0.29) is 0 Å². The summed E-state index contributed by atoms with van der Waals surface area (Å²) in [5, 5.41) is 0. The van der Waals surface area contributed by atoms with Crippen molar-refractivity contribution in [1.29, 1.82) is 0 Å². The third-order valence-corrected chi connectivity index (χ3v) is 1.10. The van der Waals surface area contributed by atoms with Crippen LogP contribution in [-0.2, 0) is 9.53 Å². The number of rotatable bonds is 4. The topological polar surface area (TPSA) is 26.3 Å². The molecule has 0 saturated heterocycles. The highest BCUT2D eigenvalue weighted by atomic mass is 16.5. The van der Waals surface area contributed by atoms with Gasteiger partial charge in [-0.15, -0.1) is 6.42 Å². The first kappa shape index (κ1) is 9.03. The molecule has 0 aliphatic rings. The molecule has 0 rings (SSSR count). The SMILES string of the molecule is C#CC(=O)OCCCCC. The van der Waals surface area contributed by atoms with Gasteiger partial charge in [-0.2, -0.15) is 0 Å². The Kier molecular flexibility index (Phi) is 5.56. The van der Waals surface area contributed by atoms with Crippen molar-refractivity contribution in [3.05, 3.63) is 0 Å². The molecule has 2 nitrogen and oxygen atoms in total. The van der Waals surface area contributed by atoms with Crippen molar-refractivity contribution in [3.8, 4) is 12.3 Å². The van der Waals surface area contributed by atoms with Crippen LogP contribution in [0.4, 0.5) is 0 Å². The minimum absolute atomic E-state index is 0.455. The second kappa shape index (κ2) is 6.15. The van der Waals surface area contributed by atoms with Gasteiger partial charge >= 0.3 is 5.97 Å². The molecule has 0 aromatic heterocycles. The first-order valence-electron chi connectivity index (χ1n) is 3.44. The minimum atomic E-state index is -0.559. The molecule has 10 heavy (non-hydrogen) atoms. The van der Waals surface area contributed by atoms with Gasteiger partial charge < -0.3 is 4.74 Å². The van der Waals surface area contributed by atoms with Crippen LogP contribution in [0.5, 0.6) is 0 Å². The first-order chi connectivity index (χ1) is 4.81. The molecule has 0 aromatic rings. The van der Waals surface area contributed by atoms with Crippen LogP contribution in [0.2, 0.25) is 0 Å². The summed E-state index contributed by atoms with van der Waals surface area (Å²) < 4.78 is 4.62. The molecule has 0 aliphatic carbocycles. The van der Waals surface area contributed by atoms with Gasteiger partial charge in [0.1, 0.15) is 0 Å². The van der Waals surface area contributed by atoms with Crippen LogP contribution < -0.4 is 0 Å². The Labute approximate surface area is 61.6 Å². The van der Waals surface area contributed by atoms with Crippen LogP contribution in [0.15, 0.2) is 0 Å². The number of carbonyl (C=O) groups excluding carboxylic acids is 1. The van der Waals surface area contributed by atoms with Crippen molar-refractivity contribution in [3.63, 3.8) is 0 Å². The highest BCUT2D eigenvalue weighted by Crippen LogP contribution is 1.93. The fraction of sp³-hybridized carbons (Fsp3) is 0.625. The molecule has 0 aliphatic heterocycles. The molecule has 0 amide bonds. The van der Waals surface area contributed by atoms with Crippen LogP contribution in [-0.4, -0.2) is 12.6 Å². The van der Waals surface area contributed by atoms with E-state index in [1.165, 1.54) is 0 Å². The third kappa shape index (κ3) is 5.17. The maximum Gasteiger partial charge on any atom is 0.384 e. The van der Waals surface area contributed by atoms with Crippen LogP contribution >= 0.6 is 0 Å². The summed E-state index contributed by atoms with van der Waals surface area (Å²) in [5.74, 6) is 1.32. The van der Waals surface area contributed by atoms with Gasteiger partial charge in [0.2, 0.25) is 0 Å². The average Bonchev–Trinajstić information content (AvgIpc) is 1.98. The molecule has 0 bridgehead atoms. The van der Waals surface area contributed by atoms with Crippen molar-refractivity contribution < 1.29 is 9.53 Å². The molecule has 2 heteroatoms. The second-order valence-corrected chi connectivity index (χ2v) is 1.99. The highest BCUT2D eigenvalue weighted by molar-refractivity contribution is 5.87. The predicted molar refractivity (Wildman–Crippen MR) is 39.3 cm³/mol. The van der Waals surface area contributed by atoms with Crippen LogP contribution in [0.1, 0.15) is 26.2 Å². The minimum Gasteiger partial charge on any atom is -0.456 e. The highest BCUT2D eigenvalue weighted by Gasteiger charge is 1.93. The lowest BCUT2D eigenvalue weighted by Crippen LogP contribution is -2.01. The summed E-state index contributed by atoms with van der Waals surface area (Å²) in [7, 11) is 0. The molecular formula is C8H12O2. The molecule has 0 aromatic carbocycles. The van der Waals surface area contributed by atoms with Gasteiger partial charge in [0, 0.05) is 5.92 Å². The van der Waals surface area contributed by atoms with Gasteiger partial charge in [-0.3, -0.25) is 0 Å². The van der Waals surface area contributed by atoms with E-state index in [9.17, 15) is 4.79 Å². The number of esters is 1. The summed E-state index contributed by atoms with van der Waals surface area (Å²) in [5.41, 5.74) is 0. The Balaban J connectivity index is 3.06. The summed E-state index contributed by atoms with van der Waals surface area (Å²) in [6.07, 6.45) is 7.87. The molecular weight excluding hydrogens is 128 g/mol. The summed E-state index contributed by atoms with van der Waals surface area (Å²) in [6, 6.07) is 0. The largest absolute Gasteiger partial charge is 0.456 e. The van der Waals surface area contributed by atoms with Gasteiger partial charge in [-0.25, -0.2) is 4.79 Å². The van der Waals surface area contributed by atoms with Crippen LogP contribution in [0.3, 0.4) is 0 Å². The first-order valence-corrected chi connectivity index (χ1v) is 3.44. The van der Waals surface area contributed by atoms with Crippen molar-refractivity contribution in [2.24, 2.45) is 0 Å². The molecule has 0 heterocycles. The van der Waals surface area contributed by atoms with E-state index in [1.807, 2.05) is 5.92 Å². The fourth-order valence-corrected chi connectivity index (χ4v) is 0.559. The van der Waals surface area contributed by atoms with E-state index in [1.54, 1.807) is 0 Å². The standard InChI is InChI=1S/C8H12O2/c1-3-5-6-7-10-8(9)4-2/h2H,3,5-7H2,1H3. The lowest BCUT2D eigenvalue weighted by Gasteiger charge is -1.97. The molecule has 0 unspecified atom stereocenters. The molecule has 0 N–H and O–H groups in total. The zero-order chi connectivity index (χ0) is 7.82. The maximum atomic E-state index is 10.3. The summed E-state index contributed by atoms with van der Waals surface area (Å²) >= 11 is 0. The van der Waals surface area contributed by atoms with Crippen LogP contribution in [0.25, 0.3) is 0 Å². The quantitative estimate of drug-likeness (QED) is 0.255. The maximum absolute atomic E-state index is 10.3. The Hall–Kier alpha value is -0.970. The van der Waals surface area contributed by atoms with E-state index in [2.05, 4.69) is 11.7 Å². The van der Waals surface area contributed by atoms with Gasteiger partial charge in [-0.05, 0) is 6.42 Å². The average molecular weight is 140 g/mol. The van der Waals surface area contributed by atoms with Gasteiger partial charge in [0.25, 0.3) is 0 Å². The number of ether oxygens (including phenoxy) is 1. The number of hydrogen-bond acceptors (Lipinski definition) is 2. The summed E-state index contributed by atoms with van der Waals surface area (Å²) in [6.45, 7) is 2.54. The predicted octanol–water partition coefficient (Wildman–Crippen LogP) is 1.35. The number of carbonyl (C=O) groups is 1. The van der Waals surface area contributed by atoms with Crippen molar-refractivity contribution >= 4 is 5.97 Å². The summed E-state index contributed by atoms with van der Waals surface area (Å²) in [4.78, 5) is 10.3. The second-order valence-electron chi connectivity index (χ2n) is 1.99. The lowest BCUT2D eigenvalue weighted by molar-refractivity contribution is -0.136. The molecule has 0 fully saturated rings. The smallest absolute Gasteiger partial charge is 0.384 e. The Morgan fingerprint density at radius 3 is 2.80 bits per heavy atom. The fourth-order valence-electron chi connectivity index (χ4n) is 0.559. The molecule has 56 valence electrons. The normalized spacial score (nSPS) is 8.40. The Bertz CT molecular complexity index is 133. The van der Waals surface area contributed by atoms with Gasteiger partial charge in [-0.1, -0.05) is 19.8 Å². The third-order valence-electron chi connectivity index (χ3n) is 1.10. The van der Waals surface area contributed by atoms with E-state index >= 15 is 0 Å². The van der Waals surface area contributed by atoms with Gasteiger partial charge in [0.05, 0.1) is 6.61 Å². The number of terminal acetylenes is 1.